The number of ether oxygens (including phenoxy) is 1. The molecule has 2 bridgehead atoms. The number of carbonyl (C=O) groups is 2. The average molecular weight is 355 g/mol. The third-order valence-electron chi connectivity index (χ3n) is 5.82. The van der Waals surface area contributed by atoms with Crippen molar-refractivity contribution >= 4 is 22.8 Å². The van der Waals surface area contributed by atoms with Gasteiger partial charge in [0.05, 0.1) is 23.7 Å². The average Bonchev–Trinajstić information content (AvgIpc) is 3.39. The number of carbonyl (C=O) groups excluding carboxylic acids is 2. The van der Waals surface area contributed by atoms with Crippen LogP contribution in [-0.4, -0.2) is 64.5 Å². The predicted octanol–water partition coefficient (Wildman–Crippen LogP) is 1.82. The van der Waals surface area contributed by atoms with Crippen LogP contribution in [0.15, 0.2) is 29.0 Å². The van der Waals surface area contributed by atoms with Crippen LogP contribution in [0.25, 0.3) is 11.0 Å². The van der Waals surface area contributed by atoms with Crippen LogP contribution in [0.1, 0.15) is 36.2 Å². The highest BCUT2D eigenvalue weighted by Gasteiger charge is 2.45. The van der Waals surface area contributed by atoms with Crippen molar-refractivity contribution in [1.29, 1.82) is 0 Å². The van der Waals surface area contributed by atoms with E-state index in [2.05, 4.69) is 4.98 Å². The maximum absolute atomic E-state index is 13.2. The Hall–Kier alpha value is -2.41. The number of nitrogens with zero attached hydrogens (tertiary/aromatic N) is 3. The molecular formula is C19H21N3O4. The standard InChI is InChI=1S/C19H21N3O4/c23-18(16-2-1-8-25-16)21-10-12-3-4-13(11-21)22(12)19(24)17-14-6-9-26-15(14)5-7-20-17/h5-7,9,12-13,16H,1-4,8,10-11H2/t12?,13?,16-/m0/s1. The van der Waals surface area contributed by atoms with E-state index in [0.717, 1.165) is 31.1 Å². The molecule has 7 nitrogen and oxygen atoms in total. The molecule has 0 aromatic carbocycles. The van der Waals surface area contributed by atoms with E-state index in [1.54, 1.807) is 24.6 Å². The van der Waals surface area contributed by atoms with Gasteiger partial charge in [0.15, 0.2) is 0 Å². The molecule has 5 heterocycles. The number of hydrogen-bond donors (Lipinski definition) is 0. The number of fused-ring (bicyclic) bond motifs is 3. The van der Waals surface area contributed by atoms with E-state index < -0.39 is 0 Å². The normalized spacial score (nSPS) is 28.1. The molecule has 0 aliphatic carbocycles. The summed E-state index contributed by atoms with van der Waals surface area (Å²) in [6.45, 7) is 1.84. The van der Waals surface area contributed by atoms with Gasteiger partial charge in [0, 0.05) is 25.9 Å². The molecular weight excluding hydrogens is 334 g/mol. The van der Waals surface area contributed by atoms with Crippen molar-refractivity contribution in [2.75, 3.05) is 19.7 Å². The minimum atomic E-state index is -0.294. The van der Waals surface area contributed by atoms with Crippen LogP contribution in [0.5, 0.6) is 0 Å². The molecule has 0 spiro atoms. The Labute approximate surface area is 150 Å². The van der Waals surface area contributed by atoms with Crippen LogP contribution in [0.4, 0.5) is 0 Å². The van der Waals surface area contributed by atoms with Gasteiger partial charge in [0.25, 0.3) is 11.8 Å². The Bertz CT molecular complexity index is 843. The van der Waals surface area contributed by atoms with E-state index in [4.69, 9.17) is 9.15 Å². The fourth-order valence-corrected chi connectivity index (χ4v) is 4.58. The summed E-state index contributed by atoms with van der Waals surface area (Å²) >= 11 is 0. The van der Waals surface area contributed by atoms with Gasteiger partial charge >= 0.3 is 0 Å². The van der Waals surface area contributed by atoms with Crippen molar-refractivity contribution in [3.05, 3.63) is 30.3 Å². The van der Waals surface area contributed by atoms with Crippen LogP contribution < -0.4 is 0 Å². The van der Waals surface area contributed by atoms with Crippen LogP contribution in [0.3, 0.4) is 0 Å². The van der Waals surface area contributed by atoms with Gasteiger partial charge in [-0.1, -0.05) is 0 Å². The van der Waals surface area contributed by atoms with Crippen LogP contribution >= 0.6 is 0 Å². The fourth-order valence-electron chi connectivity index (χ4n) is 4.58. The number of furan rings is 1. The summed E-state index contributed by atoms with van der Waals surface area (Å²) in [7, 11) is 0. The molecule has 3 saturated heterocycles. The van der Waals surface area contributed by atoms with Gasteiger partial charge in [-0.3, -0.25) is 14.6 Å². The quantitative estimate of drug-likeness (QED) is 0.821. The molecule has 3 atom stereocenters. The molecule has 0 radical (unpaired) electrons. The number of aromatic nitrogens is 1. The largest absolute Gasteiger partial charge is 0.464 e. The number of likely N-dealkylation sites (tertiary alicyclic amines) is 1. The van der Waals surface area contributed by atoms with Gasteiger partial charge in [0.1, 0.15) is 17.4 Å². The van der Waals surface area contributed by atoms with Crippen LogP contribution in [-0.2, 0) is 9.53 Å². The van der Waals surface area contributed by atoms with Crippen molar-refractivity contribution in [2.24, 2.45) is 0 Å². The van der Waals surface area contributed by atoms with Crippen molar-refractivity contribution in [3.8, 4) is 0 Å². The van der Waals surface area contributed by atoms with Gasteiger partial charge < -0.3 is 19.0 Å². The summed E-state index contributed by atoms with van der Waals surface area (Å²) in [5.41, 5.74) is 1.11. The van der Waals surface area contributed by atoms with E-state index >= 15 is 0 Å². The van der Waals surface area contributed by atoms with Gasteiger partial charge in [-0.2, -0.15) is 0 Å². The predicted molar refractivity (Wildman–Crippen MR) is 92.5 cm³/mol. The minimum absolute atomic E-state index is 0.0514. The zero-order chi connectivity index (χ0) is 17.7. The first-order chi connectivity index (χ1) is 12.7. The van der Waals surface area contributed by atoms with E-state index in [0.29, 0.717) is 31.0 Å². The Morgan fingerprint density at radius 3 is 2.65 bits per heavy atom. The van der Waals surface area contributed by atoms with Crippen molar-refractivity contribution in [1.82, 2.24) is 14.8 Å². The molecule has 3 aliphatic rings. The number of hydrogen-bond acceptors (Lipinski definition) is 5. The number of piperazine rings is 1. The number of rotatable bonds is 2. The molecule has 0 saturated carbocycles. The van der Waals surface area contributed by atoms with Crippen LogP contribution in [0, 0.1) is 0 Å². The van der Waals surface area contributed by atoms with Crippen molar-refractivity contribution in [3.63, 3.8) is 0 Å². The third-order valence-corrected chi connectivity index (χ3v) is 5.82. The van der Waals surface area contributed by atoms with Gasteiger partial charge in [0.2, 0.25) is 0 Å². The SMILES string of the molecule is O=C([C@@H]1CCCO1)N1CC2CCC(C1)N2C(=O)c1nccc2occc12. The molecule has 2 amide bonds. The first-order valence-electron chi connectivity index (χ1n) is 9.27. The fraction of sp³-hybridized carbons (Fsp3) is 0.526. The van der Waals surface area contributed by atoms with Gasteiger partial charge in [-0.25, -0.2) is 0 Å². The van der Waals surface area contributed by atoms with Gasteiger partial charge in [-0.05, 0) is 37.8 Å². The molecule has 0 N–H and O–H groups in total. The lowest BCUT2D eigenvalue weighted by atomic mass is 10.1. The van der Waals surface area contributed by atoms with Gasteiger partial charge in [-0.15, -0.1) is 0 Å². The topological polar surface area (TPSA) is 75.9 Å². The number of pyridine rings is 1. The molecule has 5 rings (SSSR count). The summed E-state index contributed by atoms with van der Waals surface area (Å²) in [5, 5.41) is 0.745. The second kappa shape index (κ2) is 6.09. The Kier molecular flexibility index (Phi) is 3.70. The first-order valence-corrected chi connectivity index (χ1v) is 9.27. The molecule has 2 aromatic heterocycles. The molecule has 2 aromatic rings. The summed E-state index contributed by atoms with van der Waals surface area (Å²) in [6.07, 6.45) is 6.49. The minimum Gasteiger partial charge on any atom is -0.464 e. The van der Waals surface area contributed by atoms with E-state index in [1.807, 2.05) is 9.80 Å². The van der Waals surface area contributed by atoms with Crippen molar-refractivity contribution < 1.29 is 18.7 Å². The highest BCUT2D eigenvalue weighted by Crippen LogP contribution is 2.33. The lowest BCUT2D eigenvalue weighted by Gasteiger charge is -2.41. The summed E-state index contributed by atoms with van der Waals surface area (Å²) in [4.78, 5) is 34.0. The first kappa shape index (κ1) is 15.8. The summed E-state index contributed by atoms with van der Waals surface area (Å²) in [5.74, 6) is 0.0234. The zero-order valence-corrected chi connectivity index (χ0v) is 14.5. The maximum Gasteiger partial charge on any atom is 0.273 e. The highest BCUT2D eigenvalue weighted by atomic mass is 16.5. The maximum atomic E-state index is 13.2. The van der Waals surface area contributed by atoms with E-state index in [-0.39, 0.29) is 30.0 Å². The molecule has 26 heavy (non-hydrogen) atoms. The summed E-state index contributed by atoms with van der Waals surface area (Å²) < 4.78 is 10.9. The Morgan fingerprint density at radius 1 is 1.12 bits per heavy atom. The molecule has 136 valence electrons. The Morgan fingerprint density at radius 2 is 1.92 bits per heavy atom. The lowest BCUT2D eigenvalue weighted by Crippen LogP contribution is -2.58. The molecule has 3 aliphatic heterocycles. The lowest BCUT2D eigenvalue weighted by molar-refractivity contribution is -0.143. The highest BCUT2D eigenvalue weighted by molar-refractivity contribution is 6.04. The number of amides is 2. The Balaban J connectivity index is 1.38. The third kappa shape index (κ3) is 2.41. The second-order valence-electron chi connectivity index (χ2n) is 7.33. The molecule has 3 fully saturated rings. The summed E-state index contributed by atoms with van der Waals surface area (Å²) in [6, 6.07) is 3.65. The zero-order valence-electron chi connectivity index (χ0n) is 14.5. The van der Waals surface area contributed by atoms with E-state index in [1.165, 1.54) is 0 Å². The smallest absolute Gasteiger partial charge is 0.273 e. The van der Waals surface area contributed by atoms with E-state index in [9.17, 15) is 9.59 Å². The monoisotopic (exact) mass is 355 g/mol. The molecule has 7 heteroatoms. The molecule has 2 unspecified atom stereocenters. The van der Waals surface area contributed by atoms with Crippen molar-refractivity contribution in [2.45, 2.75) is 43.9 Å². The van der Waals surface area contributed by atoms with Crippen LogP contribution in [0.2, 0.25) is 0 Å². The second-order valence-corrected chi connectivity index (χ2v) is 7.33.